The van der Waals surface area contributed by atoms with Gasteiger partial charge < -0.3 is 10.2 Å². The van der Waals surface area contributed by atoms with Crippen LogP contribution in [0.1, 0.15) is 18.9 Å². The van der Waals surface area contributed by atoms with Crippen molar-refractivity contribution in [1.82, 2.24) is 19.6 Å². The van der Waals surface area contributed by atoms with Gasteiger partial charge in [0, 0.05) is 56.4 Å². The average Bonchev–Trinajstić information content (AvgIpc) is 3.12. The van der Waals surface area contributed by atoms with Crippen molar-refractivity contribution in [2.75, 3.05) is 31.5 Å². The summed E-state index contributed by atoms with van der Waals surface area (Å²) in [7, 11) is 0. The number of carbonyl (C=O) groups excluding carboxylic acids is 2. The van der Waals surface area contributed by atoms with Crippen molar-refractivity contribution in [1.29, 1.82) is 0 Å². The minimum atomic E-state index is -0.173. The Bertz CT molecular complexity index is 766. The number of rotatable bonds is 4. The molecule has 2 amide bonds. The second-order valence-electron chi connectivity index (χ2n) is 6.22. The van der Waals surface area contributed by atoms with E-state index in [1.807, 2.05) is 24.3 Å². The van der Waals surface area contributed by atoms with Gasteiger partial charge in [-0.2, -0.15) is 4.68 Å². The first kappa shape index (κ1) is 18.4. The van der Waals surface area contributed by atoms with Crippen molar-refractivity contribution in [3.05, 3.63) is 47.1 Å². The van der Waals surface area contributed by atoms with Crippen molar-refractivity contribution in [3.63, 3.8) is 0 Å². The number of halogens is 1. The summed E-state index contributed by atoms with van der Waals surface area (Å²) in [6.07, 6.45) is 1.95. The molecule has 138 valence electrons. The van der Waals surface area contributed by atoms with Crippen LogP contribution in [-0.4, -0.2) is 57.7 Å². The standard InChI is InChI=1S/C18H22ClN5O2/c1-2-17(25)20-16-7-8-24(21-16)18(26)23-11-9-22(10-12-23)13-14-3-5-15(19)6-4-14/h3-8H,2,9-13H2,1H3,(H,20,21,25). The average molecular weight is 376 g/mol. The summed E-state index contributed by atoms with van der Waals surface area (Å²) in [6.45, 7) is 5.49. The summed E-state index contributed by atoms with van der Waals surface area (Å²) >= 11 is 5.92. The molecule has 1 aliphatic heterocycles. The highest BCUT2D eigenvalue weighted by molar-refractivity contribution is 6.30. The van der Waals surface area contributed by atoms with Gasteiger partial charge in [0.1, 0.15) is 0 Å². The van der Waals surface area contributed by atoms with Crippen molar-refractivity contribution in [2.45, 2.75) is 19.9 Å². The number of hydrogen-bond donors (Lipinski definition) is 1. The molecule has 1 saturated heterocycles. The molecule has 1 aromatic carbocycles. The molecule has 1 aliphatic rings. The van der Waals surface area contributed by atoms with E-state index in [1.54, 1.807) is 24.1 Å². The zero-order valence-electron chi connectivity index (χ0n) is 14.7. The largest absolute Gasteiger partial charge is 0.344 e. The lowest BCUT2D eigenvalue weighted by Gasteiger charge is -2.34. The van der Waals surface area contributed by atoms with E-state index in [0.29, 0.717) is 25.3 Å². The summed E-state index contributed by atoms with van der Waals surface area (Å²) in [5, 5.41) is 7.52. The molecule has 1 fully saturated rings. The predicted molar refractivity (Wildman–Crippen MR) is 100 cm³/mol. The second kappa shape index (κ2) is 8.33. The molecule has 26 heavy (non-hydrogen) atoms. The van der Waals surface area contributed by atoms with E-state index < -0.39 is 0 Å². The fourth-order valence-electron chi connectivity index (χ4n) is 2.82. The van der Waals surface area contributed by atoms with Gasteiger partial charge in [-0.05, 0) is 17.7 Å². The quantitative estimate of drug-likeness (QED) is 0.891. The normalized spacial score (nSPS) is 15.1. The lowest BCUT2D eigenvalue weighted by molar-refractivity contribution is -0.115. The molecule has 2 aromatic rings. The first-order valence-electron chi connectivity index (χ1n) is 8.66. The van der Waals surface area contributed by atoms with E-state index >= 15 is 0 Å². The van der Waals surface area contributed by atoms with Crippen LogP contribution < -0.4 is 5.32 Å². The predicted octanol–water partition coefficient (Wildman–Crippen LogP) is 2.67. The van der Waals surface area contributed by atoms with E-state index in [9.17, 15) is 9.59 Å². The molecule has 0 spiro atoms. The number of anilines is 1. The lowest BCUT2D eigenvalue weighted by Crippen LogP contribution is -2.49. The number of nitrogens with one attached hydrogen (secondary N) is 1. The number of nitrogens with zero attached hydrogens (tertiary/aromatic N) is 4. The van der Waals surface area contributed by atoms with Crippen LogP contribution in [0.3, 0.4) is 0 Å². The zero-order valence-corrected chi connectivity index (χ0v) is 15.4. The zero-order chi connectivity index (χ0) is 18.5. The lowest BCUT2D eigenvalue weighted by atomic mass is 10.2. The van der Waals surface area contributed by atoms with Gasteiger partial charge in [-0.3, -0.25) is 9.69 Å². The molecular formula is C18H22ClN5O2. The number of hydrogen-bond acceptors (Lipinski definition) is 4. The first-order chi connectivity index (χ1) is 12.5. The molecular weight excluding hydrogens is 354 g/mol. The van der Waals surface area contributed by atoms with Crippen LogP contribution in [-0.2, 0) is 11.3 Å². The van der Waals surface area contributed by atoms with E-state index in [2.05, 4.69) is 15.3 Å². The Morgan fingerprint density at radius 3 is 2.46 bits per heavy atom. The fourth-order valence-corrected chi connectivity index (χ4v) is 2.94. The Labute approximate surface area is 157 Å². The van der Waals surface area contributed by atoms with Gasteiger partial charge in [0.05, 0.1) is 0 Å². The van der Waals surface area contributed by atoms with E-state index in [-0.39, 0.29) is 11.9 Å². The number of amides is 2. The van der Waals surface area contributed by atoms with Crippen molar-refractivity contribution < 1.29 is 9.59 Å². The molecule has 2 heterocycles. The van der Waals surface area contributed by atoms with Crippen LogP contribution in [0.15, 0.2) is 36.5 Å². The summed E-state index contributed by atoms with van der Waals surface area (Å²) in [5.41, 5.74) is 1.21. The molecule has 7 nitrogen and oxygen atoms in total. The monoisotopic (exact) mass is 375 g/mol. The van der Waals surface area contributed by atoms with Crippen LogP contribution in [0.5, 0.6) is 0 Å². The molecule has 3 rings (SSSR count). The van der Waals surface area contributed by atoms with Crippen LogP contribution in [0.4, 0.5) is 10.6 Å². The van der Waals surface area contributed by atoms with Crippen LogP contribution in [0, 0.1) is 0 Å². The maximum absolute atomic E-state index is 12.6. The highest BCUT2D eigenvalue weighted by Crippen LogP contribution is 2.13. The van der Waals surface area contributed by atoms with Gasteiger partial charge in [-0.1, -0.05) is 30.7 Å². The van der Waals surface area contributed by atoms with Gasteiger partial charge in [0.15, 0.2) is 5.82 Å². The Hall–Kier alpha value is -2.38. The van der Waals surface area contributed by atoms with Gasteiger partial charge in [0.2, 0.25) is 5.91 Å². The van der Waals surface area contributed by atoms with Gasteiger partial charge >= 0.3 is 6.03 Å². The number of benzene rings is 1. The van der Waals surface area contributed by atoms with Crippen molar-refractivity contribution in [2.24, 2.45) is 0 Å². The summed E-state index contributed by atoms with van der Waals surface area (Å²) in [6, 6.07) is 9.29. The Morgan fingerprint density at radius 2 is 1.81 bits per heavy atom. The van der Waals surface area contributed by atoms with Crippen molar-refractivity contribution in [3.8, 4) is 0 Å². The number of piperazine rings is 1. The van der Waals surface area contributed by atoms with E-state index in [4.69, 9.17) is 11.6 Å². The van der Waals surface area contributed by atoms with Crippen LogP contribution in [0.25, 0.3) is 0 Å². The molecule has 0 radical (unpaired) electrons. The maximum atomic E-state index is 12.6. The molecule has 0 unspecified atom stereocenters. The first-order valence-corrected chi connectivity index (χ1v) is 9.04. The Kier molecular flexibility index (Phi) is 5.90. The van der Waals surface area contributed by atoms with Gasteiger partial charge in [-0.15, -0.1) is 5.10 Å². The molecule has 0 atom stereocenters. The topological polar surface area (TPSA) is 70.5 Å². The highest BCUT2D eigenvalue weighted by atomic mass is 35.5. The highest BCUT2D eigenvalue weighted by Gasteiger charge is 2.23. The smallest absolute Gasteiger partial charge is 0.320 e. The minimum Gasteiger partial charge on any atom is -0.320 e. The van der Waals surface area contributed by atoms with Crippen molar-refractivity contribution >= 4 is 29.4 Å². The third-order valence-corrected chi connectivity index (χ3v) is 4.59. The van der Waals surface area contributed by atoms with Gasteiger partial charge in [-0.25, -0.2) is 4.79 Å². The van der Waals surface area contributed by atoms with Crippen LogP contribution >= 0.6 is 11.6 Å². The third kappa shape index (κ3) is 4.62. The Balaban J connectivity index is 1.52. The molecule has 0 saturated carbocycles. The number of carbonyl (C=O) groups is 2. The fraction of sp³-hybridized carbons (Fsp3) is 0.389. The third-order valence-electron chi connectivity index (χ3n) is 4.34. The summed E-state index contributed by atoms with van der Waals surface area (Å²) in [4.78, 5) is 28.0. The van der Waals surface area contributed by atoms with E-state index in [1.165, 1.54) is 10.2 Å². The molecule has 0 bridgehead atoms. The van der Waals surface area contributed by atoms with Crippen LogP contribution in [0.2, 0.25) is 5.02 Å². The molecule has 8 heteroatoms. The summed E-state index contributed by atoms with van der Waals surface area (Å²) in [5.74, 6) is 0.269. The Morgan fingerprint density at radius 1 is 1.12 bits per heavy atom. The molecule has 0 aliphatic carbocycles. The minimum absolute atomic E-state index is 0.126. The van der Waals surface area contributed by atoms with E-state index in [0.717, 1.165) is 24.7 Å². The summed E-state index contributed by atoms with van der Waals surface area (Å²) < 4.78 is 1.28. The molecule has 1 aromatic heterocycles. The second-order valence-corrected chi connectivity index (χ2v) is 6.66. The molecule has 1 N–H and O–H groups in total. The maximum Gasteiger partial charge on any atom is 0.344 e. The number of aromatic nitrogens is 2. The van der Waals surface area contributed by atoms with Gasteiger partial charge in [0.25, 0.3) is 0 Å². The SMILES string of the molecule is CCC(=O)Nc1ccn(C(=O)N2CCN(Cc3ccc(Cl)cc3)CC2)n1.